The number of hydrogen-bond donors (Lipinski definition) is 9. The van der Waals surface area contributed by atoms with Crippen LogP contribution in [0, 0.1) is 17.8 Å². The predicted octanol–water partition coefficient (Wildman–Crippen LogP) is 5.08. The second-order valence-electron chi connectivity index (χ2n) is 23.0. The Morgan fingerprint density at radius 2 is 1.59 bits per heavy atom. The Bertz CT molecular complexity index is 2740. The number of carboxylic acids is 1. The van der Waals surface area contributed by atoms with Gasteiger partial charge in [0.2, 0.25) is 29.5 Å². The smallest absolute Gasteiger partial charge is 0.407 e. The summed E-state index contributed by atoms with van der Waals surface area (Å²) in [6.45, 7) is 18.2. The van der Waals surface area contributed by atoms with Crippen LogP contribution in [0.25, 0.3) is 0 Å². The van der Waals surface area contributed by atoms with Gasteiger partial charge in [0.15, 0.2) is 6.10 Å². The van der Waals surface area contributed by atoms with Crippen LogP contribution in [-0.2, 0) is 49.5 Å². The van der Waals surface area contributed by atoms with Gasteiger partial charge < -0.3 is 57.7 Å². The molecule has 9 atom stereocenters. The summed E-state index contributed by atoms with van der Waals surface area (Å²) in [7, 11) is 3.34. The lowest BCUT2D eigenvalue weighted by atomic mass is 9.92. The number of ether oxygens (including phenoxy) is 1. The van der Waals surface area contributed by atoms with Crippen LogP contribution in [0.5, 0.6) is 0 Å². The zero-order valence-electron chi connectivity index (χ0n) is 51.9. The number of nitrogens with zero attached hydrogens (tertiary/aromatic N) is 4. The van der Waals surface area contributed by atoms with Crippen LogP contribution in [0.1, 0.15) is 159 Å². The summed E-state index contributed by atoms with van der Waals surface area (Å²) in [5, 5.41) is 30.9. The quantitative estimate of drug-likeness (QED) is 0.0244. The molecule has 10 N–H and O–H groups in total. The van der Waals surface area contributed by atoms with Gasteiger partial charge in [0.05, 0.1) is 12.0 Å². The number of nitrogens with one attached hydrogen (secondary N) is 7. The SMILES string of the molecule is C=C(C)[C@H](NC(=O)CCCCCN1C(=O)C=CC1=O)C(=O)N[C@@H](CCCNC(N)=O)C(=O)Nc1ccc(C[C@@H](C[C@H](C)C(=O)O)NC(=O)c2csc([C@@H](C[C@H](C(C)C)N(CCC)C(=O)[C@@H](NC(=O)[C@H]3CCCCN3C)[C@@H](C)CC)OC(=O)NC)n2)cc1. The molecule has 87 heavy (non-hydrogen) atoms. The lowest BCUT2D eigenvalue weighted by Crippen LogP contribution is -2.58. The van der Waals surface area contributed by atoms with E-state index in [9.17, 15) is 57.8 Å². The van der Waals surface area contributed by atoms with Gasteiger partial charge in [-0.1, -0.05) is 79.5 Å². The van der Waals surface area contributed by atoms with Crippen LogP contribution >= 0.6 is 11.3 Å². The second kappa shape index (κ2) is 35.8. The highest BCUT2D eigenvalue weighted by molar-refractivity contribution is 7.09. The van der Waals surface area contributed by atoms with E-state index in [2.05, 4.69) is 48.8 Å². The van der Waals surface area contributed by atoms with Gasteiger partial charge in [-0.2, -0.15) is 0 Å². The molecule has 25 nitrogen and oxygen atoms in total. The van der Waals surface area contributed by atoms with Gasteiger partial charge in [0.25, 0.3) is 17.7 Å². The number of aromatic nitrogens is 1. The van der Waals surface area contributed by atoms with E-state index in [-0.39, 0.29) is 104 Å². The fourth-order valence-corrected chi connectivity index (χ4v) is 11.2. The fraction of sp³-hybridized carbons (Fsp3) is 0.607. The van der Waals surface area contributed by atoms with Crippen LogP contribution in [0.2, 0.25) is 0 Å². The van der Waals surface area contributed by atoms with Gasteiger partial charge in [0, 0.05) is 74.8 Å². The minimum absolute atomic E-state index is 0.0109. The van der Waals surface area contributed by atoms with Crippen molar-refractivity contribution in [3.05, 3.63) is 70.2 Å². The van der Waals surface area contributed by atoms with Gasteiger partial charge in [0.1, 0.15) is 28.8 Å². The Morgan fingerprint density at radius 1 is 0.897 bits per heavy atom. The number of nitrogens with two attached hydrogens (primary N) is 1. The number of hydrogen-bond acceptors (Lipinski definition) is 15. The molecule has 2 aromatic rings. The molecular formula is C61H92N12O13S. The lowest BCUT2D eigenvalue weighted by molar-refractivity contribution is -0.143. The molecule has 0 aliphatic carbocycles. The van der Waals surface area contributed by atoms with E-state index in [1.807, 2.05) is 46.6 Å². The number of piperidine rings is 1. The maximum atomic E-state index is 14.8. The molecule has 2 aliphatic rings. The Labute approximate surface area is 514 Å². The summed E-state index contributed by atoms with van der Waals surface area (Å²) in [6.07, 6.45) is 6.53. The largest absolute Gasteiger partial charge is 0.481 e. The maximum Gasteiger partial charge on any atom is 0.407 e. The van der Waals surface area contributed by atoms with Crippen LogP contribution in [0.3, 0.4) is 0 Å². The number of aliphatic carboxylic acids is 1. The average Bonchev–Trinajstić information content (AvgIpc) is 2.74. The van der Waals surface area contributed by atoms with Crippen molar-refractivity contribution in [1.29, 1.82) is 0 Å². The number of alkyl carbamates (subject to hydrolysis) is 1. The summed E-state index contributed by atoms with van der Waals surface area (Å²) in [4.78, 5) is 153. The average molecular weight is 1230 g/mol. The number of rotatable bonds is 36. The topological polar surface area (TPSA) is 350 Å². The molecule has 480 valence electrons. The molecule has 4 rings (SSSR count). The Hall–Kier alpha value is -7.74. The minimum Gasteiger partial charge on any atom is -0.481 e. The molecule has 26 heteroatoms. The van der Waals surface area contributed by atoms with E-state index in [1.54, 1.807) is 36.1 Å². The predicted molar refractivity (Wildman–Crippen MR) is 329 cm³/mol. The number of imide groups is 1. The third-order valence-corrected chi connectivity index (χ3v) is 16.6. The van der Waals surface area contributed by atoms with E-state index in [0.29, 0.717) is 61.9 Å². The lowest BCUT2D eigenvalue weighted by Gasteiger charge is -2.40. The molecule has 2 aliphatic heterocycles. The Balaban J connectivity index is 1.49. The molecule has 1 aromatic heterocycles. The third-order valence-electron chi connectivity index (χ3n) is 15.7. The third kappa shape index (κ3) is 22.8. The minimum atomic E-state index is -1.20. The van der Waals surface area contributed by atoms with Crippen molar-refractivity contribution < 1.29 is 62.6 Å². The van der Waals surface area contributed by atoms with Crippen molar-refractivity contribution in [1.82, 2.24) is 51.6 Å². The zero-order chi connectivity index (χ0) is 64.5. The molecule has 11 amide bonds. The molecule has 3 heterocycles. The van der Waals surface area contributed by atoms with Gasteiger partial charge in [-0.25, -0.2) is 14.6 Å². The van der Waals surface area contributed by atoms with Crippen molar-refractivity contribution >= 4 is 82.4 Å². The number of anilines is 1. The van der Waals surface area contributed by atoms with Crippen LogP contribution in [0.4, 0.5) is 15.3 Å². The van der Waals surface area contributed by atoms with Crippen molar-refractivity contribution in [2.75, 3.05) is 45.6 Å². The van der Waals surface area contributed by atoms with Gasteiger partial charge in [-0.3, -0.25) is 53.0 Å². The summed E-state index contributed by atoms with van der Waals surface area (Å²) >= 11 is 1.09. The summed E-state index contributed by atoms with van der Waals surface area (Å²) in [5.74, 6) is -5.90. The summed E-state index contributed by atoms with van der Waals surface area (Å²) in [6, 6.07) is 1.05. The highest BCUT2D eigenvalue weighted by Crippen LogP contribution is 2.32. The van der Waals surface area contributed by atoms with Crippen LogP contribution < -0.4 is 43.0 Å². The zero-order valence-corrected chi connectivity index (χ0v) is 52.7. The summed E-state index contributed by atoms with van der Waals surface area (Å²) in [5.41, 5.74) is 6.51. The standard InChI is InChI=1S/C61H92N12O13S/c1-11-29-72(58(81)52(38(7)12-2)70-55(79)45-20-15-17-30-71(45)10)46(36(3)4)34-47(86-61(85)63-9)57-68-44(35-87-57)54(78)66-42(32-39(8)59(82)83)33-40-22-24-41(25-23-40)65-53(77)43(19-18-28-64-60(62)84)67-56(80)51(37(5)6)69-48(74)21-14-13-16-31-73-49(75)26-27-50(73)76/h22-27,35-36,38-39,42-43,45-47,51-52H,5,11-21,28-34H2,1-4,6-10H3,(H,63,85)(H,65,77)(H,66,78)(H,67,80)(H,69,74)(H,70,79)(H,82,83)(H3,62,64,84)/t38-,39-,42+,43-,45+,46+,47+,51-,52-/m0/s1. The van der Waals surface area contributed by atoms with Gasteiger partial charge in [-0.15, -0.1) is 11.3 Å². The molecule has 0 bridgehead atoms. The first-order valence-corrected chi connectivity index (χ1v) is 31.1. The number of thiazole rings is 1. The number of carbonyl (C=O) groups is 11. The number of likely N-dealkylation sites (N-methyl/N-ethyl adjacent to an activating group) is 1. The number of primary amides is 1. The molecule has 0 radical (unpaired) electrons. The van der Waals surface area contributed by atoms with Crippen molar-refractivity contribution in [3.8, 4) is 0 Å². The highest BCUT2D eigenvalue weighted by Gasteiger charge is 2.39. The number of likely N-dealkylation sites (tertiary alicyclic amines) is 1. The van der Waals surface area contributed by atoms with E-state index < -0.39 is 84.0 Å². The second-order valence-corrected chi connectivity index (χ2v) is 23.9. The normalized spacial score (nSPS) is 16.9. The first-order chi connectivity index (χ1) is 41.3. The molecule has 0 saturated carbocycles. The van der Waals surface area contributed by atoms with Crippen molar-refractivity contribution in [3.63, 3.8) is 0 Å². The fourth-order valence-electron chi connectivity index (χ4n) is 10.4. The molecule has 0 unspecified atom stereocenters. The molecule has 0 spiro atoms. The van der Waals surface area contributed by atoms with Crippen molar-refractivity contribution in [2.24, 2.45) is 23.5 Å². The number of benzene rings is 1. The van der Waals surface area contributed by atoms with E-state index in [1.165, 1.54) is 31.5 Å². The van der Waals surface area contributed by atoms with Gasteiger partial charge in [-0.05, 0) is 113 Å². The number of urea groups is 1. The van der Waals surface area contributed by atoms with E-state index >= 15 is 0 Å². The van der Waals surface area contributed by atoms with E-state index in [4.69, 9.17) is 10.5 Å². The van der Waals surface area contributed by atoms with Crippen LogP contribution in [-0.4, -0.2) is 167 Å². The molecule has 1 saturated heterocycles. The first kappa shape index (κ1) is 71.7. The van der Waals surface area contributed by atoms with Crippen LogP contribution in [0.15, 0.2) is 53.9 Å². The van der Waals surface area contributed by atoms with Crippen molar-refractivity contribution in [2.45, 2.75) is 181 Å². The highest BCUT2D eigenvalue weighted by atomic mass is 32.1. The molecule has 1 fully saturated rings. The molecular weight excluding hydrogens is 1140 g/mol. The number of amides is 11. The van der Waals surface area contributed by atoms with E-state index in [0.717, 1.165) is 35.6 Å². The maximum absolute atomic E-state index is 14.8. The summed E-state index contributed by atoms with van der Waals surface area (Å²) < 4.78 is 5.94. The Kier molecular flexibility index (Phi) is 29.5. The number of carboxylic acid groups (broad SMARTS) is 1. The molecule has 1 aromatic carbocycles. The Morgan fingerprint density at radius 3 is 2.18 bits per heavy atom. The monoisotopic (exact) mass is 1230 g/mol. The number of carbonyl (C=O) groups excluding carboxylic acids is 10. The van der Waals surface area contributed by atoms with Gasteiger partial charge >= 0.3 is 18.1 Å². The first-order valence-electron chi connectivity index (χ1n) is 30.2. The number of unbranched alkanes of at least 4 members (excludes halogenated alkanes) is 2.